The fraction of sp³-hybridized carbons (Fsp3) is 1.00. The van der Waals surface area contributed by atoms with Crippen molar-refractivity contribution < 1.29 is 10.2 Å². The maximum Gasteiger partial charge on any atom is 0.0774 e. The molecule has 0 aromatic carbocycles. The van der Waals surface area contributed by atoms with Crippen molar-refractivity contribution in [3.8, 4) is 0 Å². The van der Waals surface area contributed by atoms with Crippen LogP contribution in [-0.4, -0.2) is 27.8 Å². The molecule has 0 aromatic rings. The molecule has 0 spiro atoms. The summed E-state index contributed by atoms with van der Waals surface area (Å²) in [4.78, 5) is 0.504. The van der Waals surface area contributed by atoms with Gasteiger partial charge in [-0.25, -0.2) is 0 Å². The van der Waals surface area contributed by atoms with Crippen LogP contribution >= 0.6 is 15.9 Å². The standard InChI is InChI=1S/C18H35BrO2/c19-18-13-11-9-7-5-3-1-2-4-6-8-10-12-16(18)14-17(21)15-20/h16-18,20-21H,1-15H2. The predicted molar refractivity (Wildman–Crippen MR) is 93.9 cm³/mol. The van der Waals surface area contributed by atoms with Crippen LogP contribution in [0.3, 0.4) is 0 Å². The van der Waals surface area contributed by atoms with Gasteiger partial charge in [0.1, 0.15) is 0 Å². The second-order valence-electron chi connectivity index (χ2n) is 6.81. The number of hydrogen-bond acceptors (Lipinski definition) is 2. The summed E-state index contributed by atoms with van der Waals surface area (Å²) in [5, 5.41) is 18.9. The lowest BCUT2D eigenvalue weighted by Gasteiger charge is -2.24. The molecule has 3 atom stereocenters. The van der Waals surface area contributed by atoms with Crippen LogP contribution in [0.2, 0.25) is 0 Å². The molecule has 0 saturated heterocycles. The second kappa shape index (κ2) is 12.9. The van der Waals surface area contributed by atoms with Gasteiger partial charge in [-0.15, -0.1) is 0 Å². The van der Waals surface area contributed by atoms with Crippen LogP contribution in [0.4, 0.5) is 0 Å². The van der Waals surface area contributed by atoms with Crippen molar-refractivity contribution in [3.63, 3.8) is 0 Å². The van der Waals surface area contributed by atoms with E-state index in [9.17, 15) is 5.11 Å². The van der Waals surface area contributed by atoms with Crippen molar-refractivity contribution in [2.75, 3.05) is 6.61 Å². The van der Waals surface area contributed by atoms with E-state index in [1.807, 2.05) is 0 Å². The third kappa shape index (κ3) is 9.91. The molecule has 0 heterocycles. The summed E-state index contributed by atoms with van der Waals surface area (Å²) in [5.41, 5.74) is 0. The summed E-state index contributed by atoms with van der Waals surface area (Å²) < 4.78 is 0. The average Bonchev–Trinajstić information content (AvgIpc) is 2.50. The summed E-state index contributed by atoms with van der Waals surface area (Å²) in [7, 11) is 0. The highest BCUT2D eigenvalue weighted by Crippen LogP contribution is 2.29. The topological polar surface area (TPSA) is 40.5 Å². The number of alkyl halides is 1. The van der Waals surface area contributed by atoms with Gasteiger partial charge in [0, 0.05) is 4.83 Å². The highest BCUT2D eigenvalue weighted by atomic mass is 79.9. The molecule has 126 valence electrons. The molecule has 0 radical (unpaired) electrons. The van der Waals surface area contributed by atoms with E-state index < -0.39 is 6.10 Å². The van der Waals surface area contributed by atoms with E-state index in [1.54, 1.807) is 0 Å². The maximum absolute atomic E-state index is 9.77. The SMILES string of the molecule is OCC(O)CC1CCCCCCCCCCCCCC1Br. The number of rotatable bonds is 3. The van der Waals surface area contributed by atoms with Crippen molar-refractivity contribution in [1.29, 1.82) is 0 Å². The zero-order valence-electron chi connectivity index (χ0n) is 13.6. The normalized spacial score (nSPS) is 29.3. The highest BCUT2D eigenvalue weighted by molar-refractivity contribution is 9.09. The third-order valence-electron chi connectivity index (χ3n) is 4.85. The molecule has 1 aliphatic rings. The molecule has 0 bridgehead atoms. The number of aliphatic hydroxyl groups excluding tert-OH is 2. The molecule has 3 unspecified atom stereocenters. The molecule has 1 saturated carbocycles. The summed E-state index contributed by atoms with van der Waals surface area (Å²) >= 11 is 3.86. The highest BCUT2D eigenvalue weighted by Gasteiger charge is 2.21. The summed E-state index contributed by atoms with van der Waals surface area (Å²) in [6, 6.07) is 0. The van der Waals surface area contributed by atoms with E-state index in [4.69, 9.17) is 5.11 Å². The minimum Gasteiger partial charge on any atom is -0.394 e. The Bertz CT molecular complexity index is 235. The number of halogens is 1. The lowest BCUT2D eigenvalue weighted by molar-refractivity contribution is 0.0717. The van der Waals surface area contributed by atoms with Gasteiger partial charge in [0.2, 0.25) is 0 Å². The van der Waals surface area contributed by atoms with Crippen molar-refractivity contribution in [3.05, 3.63) is 0 Å². The molecular weight excluding hydrogens is 328 g/mol. The Hall–Kier alpha value is 0.400. The Kier molecular flexibility index (Phi) is 11.9. The fourth-order valence-corrected chi connectivity index (χ4v) is 4.25. The van der Waals surface area contributed by atoms with E-state index in [0.717, 1.165) is 6.42 Å². The monoisotopic (exact) mass is 362 g/mol. The molecule has 2 nitrogen and oxygen atoms in total. The minimum atomic E-state index is -0.544. The summed E-state index contributed by atoms with van der Waals surface area (Å²) in [6.45, 7) is -0.101. The van der Waals surface area contributed by atoms with E-state index in [2.05, 4.69) is 15.9 Å². The Morgan fingerprint density at radius 2 is 1.19 bits per heavy atom. The van der Waals surface area contributed by atoms with Crippen molar-refractivity contribution >= 4 is 15.9 Å². The first-order valence-corrected chi connectivity index (χ1v) is 10.1. The first-order chi connectivity index (χ1) is 10.2. The van der Waals surface area contributed by atoms with Gasteiger partial charge in [0.15, 0.2) is 0 Å². The van der Waals surface area contributed by atoms with Crippen LogP contribution in [0.5, 0.6) is 0 Å². The van der Waals surface area contributed by atoms with Gasteiger partial charge in [-0.3, -0.25) is 0 Å². The Morgan fingerprint density at radius 3 is 1.67 bits per heavy atom. The Morgan fingerprint density at radius 1 is 0.762 bits per heavy atom. The van der Waals surface area contributed by atoms with Crippen LogP contribution in [0.25, 0.3) is 0 Å². The predicted octanol–water partition coefficient (Wildman–Crippen LogP) is 5.19. The largest absolute Gasteiger partial charge is 0.394 e. The van der Waals surface area contributed by atoms with Crippen molar-refractivity contribution in [2.24, 2.45) is 5.92 Å². The van der Waals surface area contributed by atoms with Gasteiger partial charge in [-0.2, -0.15) is 0 Å². The van der Waals surface area contributed by atoms with Crippen LogP contribution < -0.4 is 0 Å². The minimum absolute atomic E-state index is 0.101. The van der Waals surface area contributed by atoms with Crippen molar-refractivity contribution in [1.82, 2.24) is 0 Å². The van der Waals surface area contributed by atoms with Crippen LogP contribution in [-0.2, 0) is 0 Å². The van der Waals surface area contributed by atoms with E-state index >= 15 is 0 Å². The number of aliphatic hydroxyl groups is 2. The molecule has 0 aromatic heterocycles. The van der Waals surface area contributed by atoms with Crippen molar-refractivity contribution in [2.45, 2.75) is 101 Å². The fourth-order valence-electron chi connectivity index (χ4n) is 3.44. The van der Waals surface area contributed by atoms with Gasteiger partial charge in [-0.1, -0.05) is 86.6 Å². The lowest BCUT2D eigenvalue weighted by Crippen LogP contribution is -2.23. The first kappa shape index (κ1) is 19.4. The van der Waals surface area contributed by atoms with Crippen LogP contribution in [0.1, 0.15) is 89.9 Å². The smallest absolute Gasteiger partial charge is 0.0774 e. The average molecular weight is 363 g/mol. The molecule has 1 fully saturated rings. The lowest BCUT2D eigenvalue weighted by atomic mass is 9.89. The van der Waals surface area contributed by atoms with Gasteiger partial charge >= 0.3 is 0 Å². The summed E-state index contributed by atoms with van der Waals surface area (Å²) in [5.74, 6) is 0.511. The Balaban J connectivity index is 2.41. The van der Waals surface area contributed by atoms with Crippen LogP contribution in [0.15, 0.2) is 0 Å². The van der Waals surface area contributed by atoms with E-state index in [-0.39, 0.29) is 6.61 Å². The molecule has 0 amide bonds. The zero-order chi connectivity index (χ0) is 15.3. The molecule has 1 rings (SSSR count). The second-order valence-corrected chi connectivity index (χ2v) is 7.99. The number of hydrogen-bond donors (Lipinski definition) is 2. The molecule has 2 N–H and O–H groups in total. The van der Waals surface area contributed by atoms with E-state index in [0.29, 0.717) is 10.7 Å². The Labute approximate surface area is 139 Å². The van der Waals surface area contributed by atoms with Crippen LogP contribution in [0, 0.1) is 5.92 Å². The van der Waals surface area contributed by atoms with Gasteiger partial charge in [0.05, 0.1) is 12.7 Å². The zero-order valence-corrected chi connectivity index (χ0v) is 15.2. The summed E-state index contributed by atoms with van der Waals surface area (Å²) in [6.07, 6.45) is 17.6. The van der Waals surface area contributed by atoms with E-state index in [1.165, 1.54) is 83.5 Å². The van der Waals surface area contributed by atoms with Gasteiger partial charge in [-0.05, 0) is 25.2 Å². The maximum atomic E-state index is 9.77. The third-order valence-corrected chi connectivity index (χ3v) is 6.06. The first-order valence-electron chi connectivity index (χ1n) is 9.17. The molecule has 21 heavy (non-hydrogen) atoms. The quantitative estimate of drug-likeness (QED) is 0.677. The molecule has 1 aliphatic carbocycles. The molecule has 3 heteroatoms. The molecule has 0 aliphatic heterocycles. The van der Waals surface area contributed by atoms with Gasteiger partial charge < -0.3 is 10.2 Å². The molecular formula is C18H35BrO2. The van der Waals surface area contributed by atoms with Gasteiger partial charge in [0.25, 0.3) is 0 Å².